The molecule has 0 radical (unpaired) electrons. The molecule has 0 aromatic heterocycles. The Balaban J connectivity index is 2.20. The van der Waals surface area contributed by atoms with Crippen molar-refractivity contribution in [2.75, 3.05) is 0 Å². The van der Waals surface area contributed by atoms with Crippen LogP contribution >= 0.6 is 11.6 Å². The van der Waals surface area contributed by atoms with Crippen LogP contribution in [0.25, 0.3) is 0 Å². The summed E-state index contributed by atoms with van der Waals surface area (Å²) in [7, 11) is 0. The Bertz CT molecular complexity index is 652. The third kappa shape index (κ3) is 3.99. The van der Waals surface area contributed by atoms with Crippen LogP contribution in [0, 0.1) is 13.8 Å². The fraction of sp³-hybridized carbons (Fsp3) is 0.235. The molecular weight excluding hydrogens is 288 g/mol. The minimum absolute atomic E-state index is 0.315. The molecular formula is C17H17ClO3. The van der Waals surface area contributed by atoms with Crippen molar-refractivity contribution in [3.63, 3.8) is 0 Å². The minimum Gasteiger partial charge on any atom is -0.478 e. The van der Waals surface area contributed by atoms with Crippen molar-refractivity contribution < 1.29 is 14.6 Å². The first-order valence-corrected chi connectivity index (χ1v) is 7.05. The lowest BCUT2D eigenvalue weighted by molar-refractivity contribution is -0.145. The maximum Gasteiger partial charge on any atom is 0.345 e. The van der Waals surface area contributed by atoms with E-state index in [1.165, 1.54) is 0 Å². The van der Waals surface area contributed by atoms with E-state index < -0.39 is 12.1 Å². The molecule has 0 amide bonds. The fourth-order valence-corrected chi connectivity index (χ4v) is 2.30. The van der Waals surface area contributed by atoms with Gasteiger partial charge < -0.3 is 9.84 Å². The van der Waals surface area contributed by atoms with Gasteiger partial charge in [-0.3, -0.25) is 0 Å². The van der Waals surface area contributed by atoms with Crippen LogP contribution in [0.1, 0.15) is 16.7 Å². The number of benzene rings is 2. The second-order valence-corrected chi connectivity index (χ2v) is 5.40. The first-order chi connectivity index (χ1) is 9.97. The molecule has 0 aliphatic heterocycles. The van der Waals surface area contributed by atoms with Crippen molar-refractivity contribution >= 4 is 17.6 Å². The van der Waals surface area contributed by atoms with Crippen LogP contribution < -0.4 is 4.74 Å². The van der Waals surface area contributed by atoms with Gasteiger partial charge in [0.1, 0.15) is 5.75 Å². The second kappa shape index (κ2) is 6.64. The average molecular weight is 305 g/mol. The van der Waals surface area contributed by atoms with Gasteiger partial charge in [0.2, 0.25) is 0 Å². The van der Waals surface area contributed by atoms with Crippen LogP contribution in [-0.2, 0) is 11.2 Å². The maximum absolute atomic E-state index is 11.4. The van der Waals surface area contributed by atoms with Crippen LogP contribution in [0.3, 0.4) is 0 Å². The topological polar surface area (TPSA) is 46.5 Å². The molecule has 1 atom stereocenters. The molecule has 2 rings (SSSR count). The molecule has 0 aliphatic carbocycles. The van der Waals surface area contributed by atoms with Crippen LogP contribution in [0.4, 0.5) is 0 Å². The quantitative estimate of drug-likeness (QED) is 0.907. The van der Waals surface area contributed by atoms with E-state index in [0.717, 1.165) is 16.7 Å². The molecule has 0 unspecified atom stereocenters. The summed E-state index contributed by atoms with van der Waals surface area (Å²) in [5.41, 5.74) is 3.21. The number of aryl methyl sites for hydroxylation is 1. The van der Waals surface area contributed by atoms with E-state index in [4.69, 9.17) is 16.3 Å². The summed E-state index contributed by atoms with van der Waals surface area (Å²) in [5.74, 6) is -0.531. The van der Waals surface area contributed by atoms with Crippen molar-refractivity contribution in [3.05, 3.63) is 64.2 Å². The second-order valence-electron chi connectivity index (χ2n) is 4.97. The number of halogens is 1. The molecule has 1 N–H and O–H groups in total. The summed E-state index contributed by atoms with van der Waals surface area (Å²) in [4.78, 5) is 11.4. The van der Waals surface area contributed by atoms with Gasteiger partial charge in [0.05, 0.1) is 0 Å². The molecule has 0 fully saturated rings. The Labute approximate surface area is 129 Å². The third-order valence-electron chi connectivity index (χ3n) is 3.47. The van der Waals surface area contributed by atoms with Gasteiger partial charge in [-0.15, -0.1) is 0 Å². The lowest BCUT2D eigenvalue weighted by Gasteiger charge is -2.17. The number of aliphatic carboxylic acids is 1. The summed E-state index contributed by atoms with van der Waals surface area (Å²) in [5, 5.41) is 9.88. The van der Waals surface area contributed by atoms with E-state index in [0.29, 0.717) is 17.2 Å². The first kappa shape index (κ1) is 15.4. The lowest BCUT2D eigenvalue weighted by atomic mass is 9.98. The molecule has 2 aromatic carbocycles. The number of carbonyl (C=O) groups is 1. The zero-order valence-electron chi connectivity index (χ0n) is 12.0. The Morgan fingerprint density at radius 1 is 1.24 bits per heavy atom. The average Bonchev–Trinajstić information content (AvgIpc) is 2.43. The van der Waals surface area contributed by atoms with E-state index in [1.807, 2.05) is 32.0 Å². The summed E-state index contributed by atoms with van der Waals surface area (Å²) in [6.07, 6.45) is -0.626. The van der Waals surface area contributed by atoms with Crippen LogP contribution in [0.5, 0.6) is 5.75 Å². The highest BCUT2D eigenvalue weighted by atomic mass is 35.5. The number of hydrogen-bond acceptors (Lipinski definition) is 2. The largest absolute Gasteiger partial charge is 0.478 e. The van der Waals surface area contributed by atoms with E-state index in [9.17, 15) is 9.90 Å². The van der Waals surface area contributed by atoms with E-state index in [-0.39, 0.29) is 0 Å². The van der Waals surface area contributed by atoms with E-state index in [1.54, 1.807) is 24.3 Å². The predicted molar refractivity (Wildman–Crippen MR) is 83.1 cm³/mol. The number of carboxylic acid groups (broad SMARTS) is 1. The molecule has 0 heterocycles. The zero-order valence-corrected chi connectivity index (χ0v) is 12.7. The van der Waals surface area contributed by atoms with Gasteiger partial charge in [-0.05, 0) is 48.7 Å². The van der Waals surface area contributed by atoms with Gasteiger partial charge in [0, 0.05) is 11.4 Å². The fourth-order valence-electron chi connectivity index (χ4n) is 2.12. The Hall–Kier alpha value is -2.00. The summed E-state index contributed by atoms with van der Waals surface area (Å²) >= 11 is 5.89. The number of ether oxygens (including phenoxy) is 1. The van der Waals surface area contributed by atoms with E-state index in [2.05, 4.69) is 0 Å². The van der Waals surface area contributed by atoms with Gasteiger partial charge in [-0.1, -0.05) is 35.9 Å². The molecule has 21 heavy (non-hydrogen) atoms. The highest BCUT2D eigenvalue weighted by Crippen LogP contribution is 2.21. The SMILES string of the molecule is Cc1cccc(C[C@H](Oc2cccc(Cl)c2)C(=O)O)c1C. The Morgan fingerprint density at radius 2 is 1.95 bits per heavy atom. The van der Waals surface area contributed by atoms with Crippen LogP contribution in [0.15, 0.2) is 42.5 Å². The predicted octanol–water partition coefficient (Wildman–Crippen LogP) is 4.03. The van der Waals surface area contributed by atoms with Gasteiger partial charge in [-0.2, -0.15) is 0 Å². The van der Waals surface area contributed by atoms with Gasteiger partial charge >= 0.3 is 5.97 Å². The van der Waals surface area contributed by atoms with Crippen molar-refractivity contribution in [3.8, 4) is 5.75 Å². The molecule has 0 bridgehead atoms. The van der Waals surface area contributed by atoms with Gasteiger partial charge in [0.25, 0.3) is 0 Å². The van der Waals surface area contributed by atoms with E-state index >= 15 is 0 Å². The van der Waals surface area contributed by atoms with Crippen molar-refractivity contribution in [1.29, 1.82) is 0 Å². The normalized spacial score (nSPS) is 12.0. The molecule has 110 valence electrons. The lowest BCUT2D eigenvalue weighted by Crippen LogP contribution is -2.29. The van der Waals surface area contributed by atoms with Crippen molar-refractivity contribution in [2.24, 2.45) is 0 Å². The molecule has 2 aromatic rings. The summed E-state index contributed by atoms with van der Waals surface area (Å²) in [6, 6.07) is 12.6. The number of rotatable bonds is 5. The molecule has 0 saturated carbocycles. The highest BCUT2D eigenvalue weighted by molar-refractivity contribution is 6.30. The van der Waals surface area contributed by atoms with Crippen LogP contribution in [0.2, 0.25) is 5.02 Å². The van der Waals surface area contributed by atoms with Gasteiger partial charge in [-0.25, -0.2) is 4.79 Å². The van der Waals surface area contributed by atoms with Crippen LogP contribution in [-0.4, -0.2) is 17.2 Å². The molecule has 3 nitrogen and oxygen atoms in total. The standard InChI is InChI=1S/C17H17ClO3/c1-11-5-3-6-13(12(11)2)9-16(17(19)20)21-15-8-4-7-14(18)10-15/h3-8,10,16H,9H2,1-2H3,(H,19,20)/t16-/m0/s1. The molecule has 4 heteroatoms. The molecule has 0 aliphatic rings. The van der Waals surface area contributed by atoms with Crippen molar-refractivity contribution in [1.82, 2.24) is 0 Å². The summed E-state index contributed by atoms with van der Waals surface area (Å²) < 4.78 is 5.57. The molecule has 0 saturated heterocycles. The minimum atomic E-state index is -0.990. The third-order valence-corrected chi connectivity index (χ3v) is 3.71. The highest BCUT2D eigenvalue weighted by Gasteiger charge is 2.21. The zero-order chi connectivity index (χ0) is 15.4. The van der Waals surface area contributed by atoms with Gasteiger partial charge in [0.15, 0.2) is 6.10 Å². The maximum atomic E-state index is 11.4. The molecule has 0 spiro atoms. The Morgan fingerprint density at radius 3 is 2.62 bits per heavy atom. The van der Waals surface area contributed by atoms with Crippen molar-refractivity contribution in [2.45, 2.75) is 26.4 Å². The number of hydrogen-bond donors (Lipinski definition) is 1. The summed E-state index contributed by atoms with van der Waals surface area (Å²) in [6.45, 7) is 4.00. The number of carboxylic acids is 1. The smallest absolute Gasteiger partial charge is 0.345 e. The first-order valence-electron chi connectivity index (χ1n) is 6.67. The Kier molecular flexibility index (Phi) is 4.86. The monoisotopic (exact) mass is 304 g/mol.